The maximum absolute atomic E-state index is 13.7. The lowest BCUT2D eigenvalue weighted by atomic mass is 10.2. The number of aryl methyl sites for hydroxylation is 2. The van der Waals surface area contributed by atoms with Gasteiger partial charge in [0.1, 0.15) is 52.4 Å². The van der Waals surface area contributed by atoms with Gasteiger partial charge in [0, 0.05) is 35.6 Å². The zero-order valence-electron chi connectivity index (χ0n) is 28.1. The molecule has 4 heterocycles. The van der Waals surface area contributed by atoms with E-state index < -0.39 is 0 Å². The van der Waals surface area contributed by atoms with E-state index in [1.54, 1.807) is 76.7 Å². The smallest absolute Gasteiger partial charge is 0.231 e. The van der Waals surface area contributed by atoms with Gasteiger partial charge in [-0.15, -0.1) is 0 Å². The van der Waals surface area contributed by atoms with Crippen LogP contribution >= 0.6 is 0 Å². The number of nitrogen functional groups attached to an aromatic ring is 2. The molecule has 53 heavy (non-hydrogen) atoms. The number of nitrogens with one attached hydrogen (secondary N) is 2. The van der Waals surface area contributed by atoms with Crippen LogP contribution in [0.25, 0.3) is 33.7 Å². The van der Waals surface area contributed by atoms with Gasteiger partial charge in [0.15, 0.2) is 0 Å². The van der Waals surface area contributed by atoms with E-state index in [0.717, 1.165) is 0 Å². The topological polar surface area (TPSA) is 187 Å². The van der Waals surface area contributed by atoms with Crippen LogP contribution < -0.4 is 22.1 Å². The fraction of sp³-hybridized carbons (Fsp3) is 0.0541. The van der Waals surface area contributed by atoms with Crippen molar-refractivity contribution in [2.24, 2.45) is 0 Å². The number of nitriles is 1. The molecule has 0 aliphatic rings. The number of hydrogen-bond donors (Lipinski definition) is 4. The summed E-state index contributed by atoms with van der Waals surface area (Å²) in [5.74, 6) is 2.02. The second-order valence-electron chi connectivity index (χ2n) is 11.7. The van der Waals surface area contributed by atoms with Crippen LogP contribution in [0.3, 0.4) is 0 Å². The molecule has 8 aromatic rings. The highest BCUT2D eigenvalue weighted by Gasteiger charge is 2.15. The summed E-state index contributed by atoms with van der Waals surface area (Å²) in [4.78, 5) is 26.1. The van der Waals surface area contributed by atoms with Crippen LogP contribution in [0.1, 0.15) is 17.2 Å². The first-order valence-electron chi connectivity index (χ1n) is 15.9. The number of halogens is 3. The minimum atomic E-state index is -0.383. The minimum absolute atomic E-state index is 0.197. The molecule has 8 rings (SSSR count). The summed E-state index contributed by atoms with van der Waals surface area (Å²) in [5, 5.41) is 14.9. The SMILES string of the molecule is Cc1nc2ccc(F)cc2n1-c1cc(N)nc(Nc2ccc(C#N)cc2)n1.Cc1nc2ccc(F)cc2n1-c1cc(N)nc(Nc2cccc(F)c2)n1. The third-order valence-electron chi connectivity index (χ3n) is 7.84. The van der Waals surface area contributed by atoms with E-state index in [4.69, 9.17) is 16.7 Å². The molecule has 13 nitrogen and oxygen atoms in total. The highest BCUT2D eigenvalue weighted by Crippen LogP contribution is 2.26. The quantitative estimate of drug-likeness (QED) is 0.137. The van der Waals surface area contributed by atoms with Gasteiger partial charge in [0.05, 0.1) is 33.7 Å². The second kappa shape index (κ2) is 14.0. The standard InChI is InChI=1S/C19H14FN7.C18H14F2N6/c1-11-23-15-7-4-13(20)8-16(15)27(11)18-9-17(22)25-19(26-18)24-14-5-2-12(10-21)3-6-14;1-10-22-14-6-5-12(20)8-15(14)26(10)17-9-16(21)24-18(25-17)23-13-4-2-3-11(19)7-13/h2-9H,1H3,(H3,22,24,25,26);2-9H,1H3,(H3,21,23,24,25). The van der Waals surface area contributed by atoms with Crippen LogP contribution in [0.15, 0.2) is 97.1 Å². The van der Waals surface area contributed by atoms with Crippen molar-refractivity contribution >= 4 is 57.0 Å². The van der Waals surface area contributed by atoms with E-state index >= 15 is 0 Å². The van der Waals surface area contributed by atoms with E-state index in [1.807, 2.05) is 6.92 Å². The van der Waals surface area contributed by atoms with Crippen LogP contribution in [0.5, 0.6) is 0 Å². The van der Waals surface area contributed by atoms with E-state index in [9.17, 15) is 13.2 Å². The van der Waals surface area contributed by atoms with Crippen LogP contribution in [0, 0.1) is 42.6 Å². The molecule has 0 aliphatic heterocycles. The zero-order valence-corrected chi connectivity index (χ0v) is 28.1. The summed E-state index contributed by atoms with van der Waals surface area (Å²) >= 11 is 0. The summed E-state index contributed by atoms with van der Waals surface area (Å²) in [5.41, 5.74) is 16.1. The van der Waals surface area contributed by atoms with Gasteiger partial charge in [-0.3, -0.25) is 9.13 Å². The summed E-state index contributed by atoms with van der Waals surface area (Å²) in [6, 6.07) is 26.7. The first-order chi connectivity index (χ1) is 25.5. The lowest BCUT2D eigenvalue weighted by molar-refractivity contribution is 0.628. The van der Waals surface area contributed by atoms with Crippen molar-refractivity contribution in [3.8, 4) is 17.7 Å². The first kappa shape index (κ1) is 33.9. The molecule has 0 amide bonds. The van der Waals surface area contributed by atoms with Crippen molar-refractivity contribution in [1.29, 1.82) is 5.26 Å². The fourth-order valence-electron chi connectivity index (χ4n) is 5.61. The monoisotopic (exact) mass is 711 g/mol. The Morgan fingerprint density at radius 3 is 1.55 bits per heavy atom. The summed E-state index contributed by atoms with van der Waals surface area (Å²) in [7, 11) is 0. The number of hydrogen-bond acceptors (Lipinski definition) is 11. The first-order valence-corrected chi connectivity index (χ1v) is 15.9. The maximum atomic E-state index is 13.7. The molecule has 6 N–H and O–H groups in total. The molecule has 0 fully saturated rings. The van der Waals surface area contributed by atoms with Crippen LogP contribution in [-0.2, 0) is 0 Å². The van der Waals surface area contributed by atoms with Gasteiger partial charge >= 0.3 is 0 Å². The molecule has 0 spiro atoms. The van der Waals surface area contributed by atoms with Gasteiger partial charge in [-0.1, -0.05) is 6.07 Å². The average molecular weight is 712 g/mol. The van der Waals surface area contributed by atoms with Gasteiger partial charge < -0.3 is 22.1 Å². The maximum Gasteiger partial charge on any atom is 0.231 e. The molecule has 0 saturated heterocycles. The van der Waals surface area contributed by atoms with Gasteiger partial charge in [-0.05, 0) is 80.6 Å². The highest BCUT2D eigenvalue weighted by atomic mass is 19.1. The largest absolute Gasteiger partial charge is 0.383 e. The van der Waals surface area contributed by atoms with Crippen molar-refractivity contribution < 1.29 is 13.2 Å². The van der Waals surface area contributed by atoms with E-state index in [2.05, 4.69) is 46.6 Å². The highest BCUT2D eigenvalue weighted by molar-refractivity contribution is 5.79. The molecule has 262 valence electrons. The molecule has 0 atom stereocenters. The Labute approximate surface area is 299 Å². The number of nitrogens with zero attached hydrogens (tertiary/aromatic N) is 9. The molecular weight excluding hydrogens is 683 g/mol. The lowest BCUT2D eigenvalue weighted by Crippen LogP contribution is -2.07. The third kappa shape index (κ3) is 7.35. The molecule has 4 aromatic heterocycles. The Bertz CT molecular complexity index is 2680. The average Bonchev–Trinajstić information content (AvgIpc) is 3.62. The molecular formula is C37H28F3N13. The van der Waals surface area contributed by atoms with E-state index in [-0.39, 0.29) is 41.0 Å². The molecule has 0 bridgehead atoms. The van der Waals surface area contributed by atoms with Crippen molar-refractivity contribution in [2.45, 2.75) is 13.8 Å². The zero-order chi connectivity index (χ0) is 37.2. The molecule has 0 unspecified atom stereocenters. The van der Waals surface area contributed by atoms with Gasteiger partial charge in [0.2, 0.25) is 11.9 Å². The Hall–Kier alpha value is -7.54. The summed E-state index contributed by atoms with van der Waals surface area (Å²) < 4.78 is 44.2. The normalized spacial score (nSPS) is 10.9. The Balaban J connectivity index is 0.000000164. The molecule has 0 radical (unpaired) electrons. The summed E-state index contributed by atoms with van der Waals surface area (Å²) in [6.45, 7) is 3.60. The molecule has 16 heteroatoms. The Morgan fingerprint density at radius 2 is 1.06 bits per heavy atom. The Kier molecular flexibility index (Phi) is 8.96. The number of rotatable bonds is 6. The van der Waals surface area contributed by atoms with Crippen LogP contribution in [0.2, 0.25) is 0 Å². The molecule has 0 saturated carbocycles. The number of benzene rings is 4. The lowest BCUT2D eigenvalue weighted by Gasteiger charge is -2.10. The number of anilines is 6. The fourth-order valence-corrected chi connectivity index (χ4v) is 5.61. The van der Waals surface area contributed by atoms with Gasteiger partial charge in [0.25, 0.3) is 0 Å². The van der Waals surface area contributed by atoms with E-state index in [0.29, 0.717) is 62.3 Å². The van der Waals surface area contributed by atoms with E-state index in [1.165, 1.54) is 36.4 Å². The van der Waals surface area contributed by atoms with Crippen molar-refractivity contribution in [3.63, 3.8) is 0 Å². The van der Waals surface area contributed by atoms with Crippen LogP contribution in [0.4, 0.5) is 48.1 Å². The Morgan fingerprint density at radius 1 is 0.566 bits per heavy atom. The predicted octanol–water partition coefficient (Wildman–Crippen LogP) is 7.19. The van der Waals surface area contributed by atoms with Gasteiger partial charge in [-0.25, -0.2) is 23.1 Å². The van der Waals surface area contributed by atoms with Gasteiger partial charge in [-0.2, -0.15) is 25.2 Å². The molecule has 0 aliphatic carbocycles. The predicted molar refractivity (Wildman–Crippen MR) is 196 cm³/mol. The third-order valence-corrected chi connectivity index (χ3v) is 7.84. The number of aromatic nitrogens is 8. The van der Waals surface area contributed by atoms with Crippen molar-refractivity contribution in [3.05, 3.63) is 132 Å². The summed E-state index contributed by atoms with van der Waals surface area (Å²) in [6.07, 6.45) is 0. The minimum Gasteiger partial charge on any atom is -0.383 e. The van der Waals surface area contributed by atoms with Crippen LogP contribution in [-0.4, -0.2) is 39.0 Å². The number of nitrogens with two attached hydrogens (primary N) is 2. The van der Waals surface area contributed by atoms with Crippen molar-refractivity contribution in [2.75, 3.05) is 22.1 Å². The number of fused-ring (bicyclic) bond motifs is 2. The second-order valence-corrected chi connectivity index (χ2v) is 11.7. The number of imidazole rings is 2. The molecule has 4 aromatic carbocycles. The van der Waals surface area contributed by atoms with Crippen molar-refractivity contribution in [1.82, 2.24) is 39.0 Å².